The van der Waals surface area contributed by atoms with Crippen LogP contribution in [0.25, 0.3) is 5.57 Å². The summed E-state index contributed by atoms with van der Waals surface area (Å²) in [7, 11) is 1.96. The highest BCUT2D eigenvalue weighted by atomic mass is 15.3. The average Bonchev–Trinajstić information content (AvgIpc) is 2.45. The zero-order valence-electron chi connectivity index (χ0n) is 8.62. The van der Waals surface area contributed by atoms with Crippen molar-refractivity contribution in [2.24, 2.45) is 12.8 Å². The Hall–Kier alpha value is -1.13. The highest BCUT2D eigenvalue weighted by molar-refractivity contribution is 5.66. The smallest absolute Gasteiger partial charge is 0.0651 e. The SMILES string of the molecule is Cc1cc(C2=CC(N)CNC2)n(C)n1. The maximum atomic E-state index is 5.85. The molecule has 1 unspecified atom stereocenters. The minimum atomic E-state index is 0.119. The molecule has 1 aliphatic rings. The zero-order valence-corrected chi connectivity index (χ0v) is 8.62. The lowest BCUT2D eigenvalue weighted by Gasteiger charge is -2.19. The van der Waals surface area contributed by atoms with E-state index in [1.807, 2.05) is 18.7 Å². The van der Waals surface area contributed by atoms with E-state index in [-0.39, 0.29) is 6.04 Å². The lowest BCUT2D eigenvalue weighted by Crippen LogP contribution is -2.37. The van der Waals surface area contributed by atoms with E-state index in [0.717, 1.165) is 24.5 Å². The lowest BCUT2D eigenvalue weighted by molar-refractivity contribution is 0.654. The zero-order chi connectivity index (χ0) is 10.1. The molecule has 4 nitrogen and oxygen atoms in total. The summed E-state index contributed by atoms with van der Waals surface area (Å²) in [5.41, 5.74) is 9.29. The van der Waals surface area contributed by atoms with Crippen molar-refractivity contribution in [3.63, 3.8) is 0 Å². The number of nitrogens with one attached hydrogen (secondary N) is 1. The van der Waals surface area contributed by atoms with Crippen LogP contribution in [0, 0.1) is 6.92 Å². The Balaban J connectivity index is 2.34. The van der Waals surface area contributed by atoms with Gasteiger partial charge in [0.1, 0.15) is 0 Å². The summed E-state index contributed by atoms with van der Waals surface area (Å²) in [6, 6.07) is 2.21. The van der Waals surface area contributed by atoms with E-state index in [1.165, 1.54) is 5.57 Å². The van der Waals surface area contributed by atoms with Gasteiger partial charge in [0.25, 0.3) is 0 Å². The molecule has 0 aliphatic carbocycles. The van der Waals surface area contributed by atoms with Gasteiger partial charge in [0, 0.05) is 26.2 Å². The van der Waals surface area contributed by atoms with Gasteiger partial charge in [0.05, 0.1) is 11.4 Å². The molecule has 0 fully saturated rings. The molecule has 0 saturated carbocycles. The van der Waals surface area contributed by atoms with Crippen molar-refractivity contribution in [1.82, 2.24) is 15.1 Å². The van der Waals surface area contributed by atoms with Gasteiger partial charge in [-0.3, -0.25) is 4.68 Å². The summed E-state index contributed by atoms with van der Waals surface area (Å²) in [5, 5.41) is 7.60. The van der Waals surface area contributed by atoms with Crippen LogP contribution in [0.1, 0.15) is 11.4 Å². The molecule has 1 aromatic heterocycles. The predicted octanol–water partition coefficient (Wildman–Crippen LogP) is 0.0424. The van der Waals surface area contributed by atoms with Crippen LogP contribution in [0.5, 0.6) is 0 Å². The van der Waals surface area contributed by atoms with Crippen LogP contribution >= 0.6 is 0 Å². The maximum absolute atomic E-state index is 5.85. The minimum absolute atomic E-state index is 0.119. The van der Waals surface area contributed by atoms with Crippen LogP contribution < -0.4 is 11.1 Å². The van der Waals surface area contributed by atoms with Crippen LogP contribution in [0.15, 0.2) is 12.1 Å². The molecule has 0 saturated heterocycles. The molecule has 76 valence electrons. The highest BCUT2D eigenvalue weighted by Gasteiger charge is 2.13. The minimum Gasteiger partial charge on any atom is -0.323 e. The third kappa shape index (κ3) is 1.71. The van der Waals surface area contributed by atoms with E-state index >= 15 is 0 Å². The number of aryl methyl sites for hydroxylation is 2. The number of nitrogens with zero attached hydrogens (tertiary/aromatic N) is 2. The molecule has 0 aromatic carbocycles. The molecule has 0 radical (unpaired) electrons. The third-order valence-electron chi connectivity index (χ3n) is 2.44. The van der Waals surface area contributed by atoms with E-state index in [2.05, 4.69) is 22.6 Å². The normalized spacial score (nSPS) is 22.2. The van der Waals surface area contributed by atoms with Crippen molar-refractivity contribution in [2.45, 2.75) is 13.0 Å². The molecule has 0 spiro atoms. The fourth-order valence-electron chi connectivity index (χ4n) is 1.84. The van der Waals surface area contributed by atoms with Gasteiger partial charge < -0.3 is 11.1 Å². The molecular weight excluding hydrogens is 176 g/mol. The molecule has 1 aromatic rings. The van der Waals surface area contributed by atoms with Gasteiger partial charge >= 0.3 is 0 Å². The van der Waals surface area contributed by atoms with Crippen molar-refractivity contribution in [3.05, 3.63) is 23.5 Å². The van der Waals surface area contributed by atoms with Crippen molar-refractivity contribution >= 4 is 5.57 Å². The standard InChI is InChI=1S/C10H16N4/c1-7-3-10(14(2)13-7)8-4-9(11)6-12-5-8/h3-4,9,12H,5-6,11H2,1-2H3. The van der Waals surface area contributed by atoms with Crippen molar-refractivity contribution < 1.29 is 0 Å². The lowest BCUT2D eigenvalue weighted by atomic mass is 10.1. The number of hydrogen-bond donors (Lipinski definition) is 2. The van der Waals surface area contributed by atoms with Gasteiger partial charge in [-0.1, -0.05) is 6.08 Å². The Bertz CT molecular complexity index is 364. The van der Waals surface area contributed by atoms with Gasteiger partial charge in [-0.2, -0.15) is 5.10 Å². The van der Waals surface area contributed by atoms with Crippen LogP contribution in [0.2, 0.25) is 0 Å². The molecule has 4 heteroatoms. The average molecular weight is 192 g/mol. The number of aromatic nitrogens is 2. The Kier molecular flexibility index (Phi) is 2.39. The Labute approximate surface area is 83.8 Å². The first-order chi connectivity index (χ1) is 6.66. The summed E-state index contributed by atoms with van der Waals surface area (Å²) in [6.07, 6.45) is 2.12. The van der Waals surface area contributed by atoms with E-state index in [1.54, 1.807) is 0 Å². The van der Waals surface area contributed by atoms with Crippen LogP contribution in [0.4, 0.5) is 0 Å². The molecule has 3 N–H and O–H groups in total. The van der Waals surface area contributed by atoms with Crippen molar-refractivity contribution in [3.8, 4) is 0 Å². The molecule has 14 heavy (non-hydrogen) atoms. The van der Waals surface area contributed by atoms with E-state index in [9.17, 15) is 0 Å². The van der Waals surface area contributed by atoms with Gasteiger partial charge in [0.15, 0.2) is 0 Å². The maximum Gasteiger partial charge on any atom is 0.0651 e. The fourth-order valence-corrected chi connectivity index (χ4v) is 1.84. The van der Waals surface area contributed by atoms with Gasteiger partial charge in [-0.25, -0.2) is 0 Å². The number of hydrogen-bond acceptors (Lipinski definition) is 3. The number of rotatable bonds is 1. The van der Waals surface area contributed by atoms with E-state index in [0.29, 0.717) is 0 Å². The summed E-state index contributed by atoms with van der Waals surface area (Å²) in [5.74, 6) is 0. The Morgan fingerprint density at radius 3 is 3.00 bits per heavy atom. The molecule has 2 heterocycles. The topological polar surface area (TPSA) is 55.9 Å². The van der Waals surface area contributed by atoms with Crippen LogP contribution in [-0.2, 0) is 7.05 Å². The largest absolute Gasteiger partial charge is 0.323 e. The van der Waals surface area contributed by atoms with Crippen molar-refractivity contribution in [1.29, 1.82) is 0 Å². The van der Waals surface area contributed by atoms with Crippen LogP contribution in [0.3, 0.4) is 0 Å². The molecule has 0 amide bonds. The van der Waals surface area contributed by atoms with Crippen molar-refractivity contribution in [2.75, 3.05) is 13.1 Å². The number of nitrogens with two attached hydrogens (primary N) is 1. The molecule has 0 bridgehead atoms. The highest BCUT2D eigenvalue weighted by Crippen LogP contribution is 2.16. The summed E-state index contributed by atoms with van der Waals surface area (Å²) in [6.45, 7) is 3.74. The second-order valence-corrected chi connectivity index (χ2v) is 3.78. The van der Waals surface area contributed by atoms with Gasteiger partial charge in [0.2, 0.25) is 0 Å². The van der Waals surface area contributed by atoms with E-state index < -0.39 is 0 Å². The molecule has 1 aliphatic heterocycles. The predicted molar refractivity (Wildman–Crippen MR) is 56.8 cm³/mol. The summed E-state index contributed by atoms with van der Waals surface area (Å²) >= 11 is 0. The fraction of sp³-hybridized carbons (Fsp3) is 0.500. The van der Waals surface area contributed by atoms with Crippen LogP contribution in [-0.4, -0.2) is 28.9 Å². The summed E-state index contributed by atoms with van der Waals surface area (Å²) in [4.78, 5) is 0. The summed E-state index contributed by atoms with van der Waals surface area (Å²) < 4.78 is 1.90. The van der Waals surface area contributed by atoms with E-state index in [4.69, 9.17) is 5.73 Å². The van der Waals surface area contributed by atoms with Gasteiger partial charge in [-0.15, -0.1) is 0 Å². The molecule has 2 rings (SSSR count). The molecule has 1 atom stereocenters. The Morgan fingerprint density at radius 1 is 1.64 bits per heavy atom. The second kappa shape index (κ2) is 3.55. The Morgan fingerprint density at radius 2 is 2.43 bits per heavy atom. The first-order valence-corrected chi connectivity index (χ1v) is 4.85. The van der Waals surface area contributed by atoms with Gasteiger partial charge in [-0.05, 0) is 18.6 Å². The first-order valence-electron chi connectivity index (χ1n) is 4.85. The first kappa shape index (κ1) is 9.43. The second-order valence-electron chi connectivity index (χ2n) is 3.78. The quantitative estimate of drug-likeness (QED) is 0.660. The monoisotopic (exact) mass is 192 g/mol. The third-order valence-corrected chi connectivity index (χ3v) is 2.44. The molecular formula is C10H16N4.